The summed E-state index contributed by atoms with van der Waals surface area (Å²) in [6, 6.07) is 10.4. The molecule has 18 heavy (non-hydrogen) atoms. The van der Waals surface area contributed by atoms with Crippen LogP contribution in [0.25, 0.3) is 0 Å². The topological polar surface area (TPSA) is 26.3 Å². The highest BCUT2D eigenvalue weighted by Crippen LogP contribution is 2.31. The van der Waals surface area contributed by atoms with Gasteiger partial charge >= 0.3 is 5.97 Å². The third-order valence-electron chi connectivity index (χ3n) is 2.43. The summed E-state index contributed by atoms with van der Waals surface area (Å²) in [4.78, 5) is 11.2. The zero-order chi connectivity index (χ0) is 13.2. The van der Waals surface area contributed by atoms with Crippen molar-refractivity contribution >= 4 is 17.7 Å². The molecule has 1 rings (SSSR count). The second-order valence-corrected chi connectivity index (χ2v) is 5.22. The van der Waals surface area contributed by atoms with Gasteiger partial charge in [0, 0.05) is 11.3 Å². The van der Waals surface area contributed by atoms with E-state index in [2.05, 4.69) is 19.1 Å². The molecular formula is C15H20O2S. The van der Waals surface area contributed by atoms with E-state index in [0.29, 0.717) is 11.9 Å². The number of hydrogen-bond donors (Lipinski definition) is 0. The summed E-state index contributed by atoms with van der Waals surface area (Å²) in [5.74, 6) is 0.804. The lowest BCUT2D eigenvalue weighted by Gasteiger charge is -2.13. The first-order chi connectivity index (χ1) is 8.77. The minimum absolute atomic E-state index is 0.259. The lowest BCUT2D eigenvalue weighted by atomic mass is 10.1. The molecule has 1 atom stereocenters. The number of carbonyl (C=O) groups is 1. The molecule has 0 aliphatic rings. The molecular weight excluding hydrogens is 244 g/mol. The minimum atomic E-state index is -0.259. The van der Waals surface area contributed by atoms with E-state index in [1.807, 2.05) is 43.0 Å². The number of esters is 1. The maximum atomic E-state index is 11.2. The Morgan fingerprint density at radius 3 is 2.67 bits per heavy atom. The smallest absolute Gasteiger partial charge is 0.330 e. The van der Waals surface area contributed by atoms with Crippen molar-refractivity contribution in [2.24, 2.45) is 0 Å². The van der Waals surface area contributed by atoms with Gasteiger partial charge in [-0.3, -0.25) is 0 Å². The maximum Gasteiger partial charge on any atom is 0.330 e. The average Bonchev–Trinajstić information content (AvgIpc) is 2.39. The van der Waals surface area contributed by atoms with Gasteiger partial charge in [0.1, 0.15) is 0 Å². The van der Waals surface area contributed by atoms with Crippen LogP contribution in [0.2, 0.25) is 0 Å². The van der Waals surface area contributed by atoms with Crippen molar-refractivity contribution in [1.82, 2.24) is 0 Å². The SMILES string of the molecule is CCOC(=O)/C=C/C[C@@H](SCC)c1ccccc1. The van der Waals surface area contributed by atoms with Gasteiger partial charge in [0.05, 0.1) is 6.61 Å². The van der Waals surface area contributed by atoms with Gasteiger partial charge in [0.25, 0.3) is 0 Å². The number of ether oxygens (including phenoxy) is 1. The fraction of sp³-hybridized carbons (Fsp3) is 0.400. The summed E-state index contributed by atoms with van der Waals surface area (Å²) < 4.78 is 4.86. The monoisotopic (exact) mass is 264 g/mol. The van der Waals surface area contributed by atoms with Crippen LogP contribution in [0.3, 0.4) is 0 Å². The van der Waals surface area contributed by atoms with Crippen LogP contribution in [-0.4, -0.2) is 18.3 Å². The van der Waals surface area contributed by atoms with Crippen LogP contribution in [0, 0.1) is 0 Å². The molecule has 0 unspecified atom stereocenters. The molecule has 0 amide bonds. The first kappa shape index (κ1) is 14.8. The van der Waals surface area contributed by atoms with Crippen molar-refractivity contribution in [3.63, 3.8) is 0 Å². The number of allylic oxidation sites excluding steroid dienone is 1. The zero-order valence-electron chi connectivity index (χ0n) is 11.0. The molecule has 1 aromatic rings. The Morgan fingerprint density at radius 1 is 1.33 bits per heavy atom. The number of benzene rings is 1. The van der Waals surface area contributed by atoms with Crippen molar-refractivity contribution in [3.8, 4) is 0 Å². The second kappa shape index (κ2) is 8.81. The second-order valence-electron chi connectivity index (χ2n) is 3.74. The summed E-state index contributed by atoms with van der Waals surface area (Å²) in [7, 11) is 0. The highest BCUT2D eigenvalue weighted by atomic mass is 32.2. The van der Waals surface area contributed by atoms with Crippen molar-refractivity contribution < 1.29 is 9.53 Å². The molecule has 2 nitrogen and oxygen atoms in total. The Kier molecular flexibility index (Phi) is 7.26. The van der Waals surface area contributed by atoms with Gasteiger partial charge in [-0.15, -0.1) is 0 Å². The summed E-state index contributed by atoms with van der Waals surface area (Å²) in [6.07, 6.45) is 4.27. The fourth-order valence-corrected chi connectivity index (χ4v) is 2.65. The van der Waals surface area contributed by atoms with E-state index in [0.717, 1.165) is 12.2 Å². The largest absolute Gasteiger partial charge is 0.463 e. The zero-order valence-corrected chi connectivity index (χ0v) is 11.8. The van der Waals surface area contributed by atoms with Crippen molar-refractivity contribution in [3.05, 3.63) is 48.0 Å². The summed E-state index contributed by atoms with van der Waals surface area (Å²) in [5, 5.41) is 0.405. The third-order valence-corrected chi connectivity index (χ3v) is 3.63. The van der Waals surface area contributed by atoms with Crippen molar-refractivity contribution in [1.29, 1.82) is 0 Å². The Balaban J connectivity index is 2.56. The van der Waals surface area contributed by atoms with Gasteiger partial charge in [-0.2, -0.15) is 11.8 Å². The van der Waals surface area contributed by atoms with Gasteiger partial charge in [-0.05, 0) is 24.7 Å². The van der Waals surface area contributed by atoms with Gasteiger partial charge in [-0.25, -0.2) is 4.79 Å². The normalized spacial score (nSPS) is 12.6. The van der Waals surface area contributed by atoms with Gasteiger partial charge < -0.3 is 4.74 Å². The average molecular weight is 264 g/mol. The molecule has 98 valence electrons. The first-order valence-corrected chi connectivity index (χ1v) is 7.32. The van der Waals surface area contributed by atoms with E-state index in [9.17, 15) is 4.79 Å². The predicted molar refractivity (Wildman–Crippen MR) is 77.7 cm³/mol. The van der Waals surface area contributed by atoms with E-state index < -0.39 is 0 Å². The van der Waals surface area contributed by atoms with Crippen LogP contribution in [0.15, 0.2) is 42.5 Å². The molecule has 0 N–H and O–H groups in total. The molecule has 0 spiro atoms. The first-order valence-electron chi connectivity index (χ1n) is 6.27. The van der Waals surface area contributed by atoms with Gasteiger partial charge in [0.2, 0.25) is 0 Å². The molecule has 0 radical (unpaired) electrons. The highest BCUT2D eigenvalue weighted by molar-refractivity contribution is 7.99. The lowest BCUT2D eigenvalue weighted by Crippen LogP contribution is -1.99. The molecule has 0 fully saturated rings. The Morgan fingerprint density at radius 2 is 2.06 bits per heavy atom. The van der Waals surface area contributed by atoms with Crippen molar-refractivity contribution in [2.75, 3.05) is 12.4 Å². The van der Waals surface area contributed by atoms with Crippen LogP contribution in [0.5, 0.6) is 0 Å². The maximum absolute atomic E-state index is 11.2. The molecule has 0 bridgehead atoms. The van der Waals surface area contributed by atoms with E-state index >= 15 is 0 Å². The number of carbonyl (C=O) groups excluding carboxylic acids is 1. The molecule has 1 aromatic carbocycles. The Labute approximate surface area is 113 Å². The van der Waals surface area contributed by atoms with Crippen LogP contribution in [0.1, 0.15) is 31.1 Å². The molecule has 0 aliphatic heterocycles. The standard InChI is InChI=1S/C15H20O2S/c1-3-17-15(16)12-8-11-14(18-4-2)13-9-6-5-7-10-13/h5-10,12,14H,3-4,11H2,1-2H3/b12-8+/t14-/m1/s1. The quantitative estimate of drug-likeness (QED) is 0.550. The van der Waals surface area contributed by atoms with E-state index in [-0.39, 0.29) is 5.97 Å². The summed E-state index contributed by atoms with van der Waals surface area (Å²) in [5.41, 5.74) is 1.30. The summed E-state index contributed by atoms with van der Waals surface area (Å²) >= 11 is 1.89. The van der Waals surface area contributed by atoms with Crippen LogP contribution >= 0.6 is 11.8 Å². The molecule has 0 saturated carbocycles. The number of rotatable bonds is 7. The lowest BCUT2D eigenvalue weighted by molar-refractivity contribution is -0.137. The number of hydrogen-bond acceptors (Lipinski definition) is 3. The van der Waals surface area contributed by atoms with Crippen molar-refractivity contribution in [2.45, 2.75) is 25.5 Å². The van der Waals surface area contributed by atoms with Crippen LogP contribution in [-0.2, 0) is 9.53 Å². The highest BCUT2D eigenvalue weighted by Gasteiger charge is 2.08. The van der Waals surface area contributed by atoms with E-state index in [4.69, 9.17) is 4.74 Å². The Bertz CT molecular complexity index is 373. The third kappa shape index (κ3) is 5.41. The number of thioether (sulfide) groups is 1. The fourth-order valence-electron chi connectivity index (χ4n) is 1.65. The molecule has 0 saturated heterocycles. The minimum Gasteiger partial charge on any atom is -0.463 e. The van der Waals surface area contributed by atoms with Gasteiger partial charge in [-0.1, -0.05) is 43.3 Å². The predicted octanol–water partition coefficient (Wildman–Crippen LogP) is 3.99. The summed E-state index contributed by atoms with van der Waals surface area (Å²) in [6.45, 7) is 4.39. The van der Waals surface area contributed by atoms with Crippen LogP contribution in [0.4, 0.5) is 0 Å². The van der Waals surface area contributed by atoms with E-state index in [1.165, 1.54) is 11.6 Å². The molecule has 3 heteroatoms. The molecule has 0 aromatic heterocycles. The Hall–Kier alpha value is -1.22. The van der Waals surface area contributed by atoms with Gasteiger partial charge in [0.15, 0.2) is 0 Å². The van der Waals surface area contributed by atoms with Crippen LogP contribution < -0.4 is 0 Å². The molecule has 0 heterocycles. The van der Waals surface area contributed by atoms with E-state index in [1.54, 1.807) is 0 Å². The molecule has 0 aliphatic carbocycles.